The molecule has 0 aliphatic carbocycles. The number of amides is 2. The molecule has 7 nitrogen and oxygen atoms in total. The zero-order valence-corrected chi connectivity index (χ0v) is 10.0. The summed E-state index contributed by atoms with van der Waals surface area (Å²) in [4.78, 5) is 33.4. The van der Waals surface area contributed by atoms with Gasteiger partial charge >= 0.3 is 5.97 Å². The van der Waals surface area contributed by atoms with E-state index in [9.17, 15) is 14.4 Å². The highest BCUT2D eigenvalue weighted by molar-refractivity contribution is 5.90. The van der Waals surface area contributed by atoms with Gasteiger partial charge in [-0.1, -0.05) is 13.8 Å². The fourth-order valence-corrected chi connectivity index (χ4v) is 1.22. The number of nitrogens with two attached hydrogens (primary N) is 1. The molecule has 17 heavy (non-hydrogen) atoms. The van der Waals surface area contributed by atoms with E-state index in [0.717, 1.165) is 0 Å². The summed E-state index contributed by atoms with van der Waals surface area (Å²) in [5.74, 6) is -2.06. The third kappa shape index (κ3) is 5.30. The molecule has 2 amide bonds. The van der Waals surface area contributed by atoms with Crippen LogP contribution in [0, 0.1) is 0 Å². The fraction of sp³-hybridized carbons (Fsp3) is 0.700. The largest absolute Gasteiger partial charge is 0.480 e. The SMILES string of the molecule is CC[C@H](NC(=O)CN)C(=O)N[C@H](CC)C(=O)O. The molecule has 0 saturated carbocycles. The minimum Gasteiger partial charge on any atom is -0.480 e. The molecule has 0 aromatic heterocycles. The van der Waals surface area contributed by atoms with Crippen LogP contribution >= 0.6 is 0 Å². The van der Waals surface area contributed by atoms with Gasteiger partial charge in [0, 0.05) is 0 Å². The molecule has 0 bridgehead atoms. The lowest BCUT2D eigenvalue weighted by Gasteiger charge is -2.19. The van der Waals surface area contributed by atoms with Gasteiger partial charge in [-0.15, -0.1) is 0 Å². The maximum absolute atomic E-state index is 11.7. The molecule has 0 aliphatic rings. The molecular formula is C10H19N3O4. The van der Waals surface area contributed by atoms with Gasteiger partial charge in [-0.3, -0.25) is 9.59 Å². The van der Waals surface area contributed by atoms with E-state index < -0.39 is 29.9 Å². The quantitative estimate of drug-likeness (QED) is 0.450. The van der Waals surface area contributed by atoms with Crippen molar-refractivity contribution in [1.29, 1.82) is 0 Å². The van der Waals surface area contributed by atoms with Gasteiger partial charge in [0.05, 0.1) is 6.54 Å². The Kier molecular flexibility index (Phi) is 6.88. The Morgan fingerprint density at radius 1 is 1.12 bits per heavy atom. The molecule has 0 aromatic rings. The van der Waals surface area contributed by atoms with E-state index in [2.05, 4.69) is 10.6 Å². The van der Waals surface area contributed by atoms with Gasteiger partial charge in [-0.05, 0) is 12.8 Å². The average Bonchev–Trinajstić information content (AvgIpc) is 2.31. The second kappa shape index (κ2) is 7.61. The molecule has 0 aromatic carbocycles. The van der Waals surface area contributed by atoms with Crippen LogP contribution in [0.5, 0.6) is 0 Å². The normalized spacial score (nSPS) is 13.6. The van der Waals surface area contributed by atoms with E-state index in [-0.39, 0.29) is 13.0 Å². The third-order valence-corrected chi connectivity index (χ3v) is 2.27. The molecule has 2 atom stereocenters. The van der Waals surface area contributed by atoms with Crippen molar-refractivity contribution >= 4 is 17.8 Å². The lowest BCUT2D eigenvalue weighted by molar-refractivity contribution is -0.142. The molecule has 7 heteroatoms. The van der Waals surface area contributed by atoms with Gasteiger partial charge in [0.1, 0.15) is 12.1 Å². The molecular weight excluding hydrogens is 226 g/mol. The van der Waals surface area contributed by atoms with Crippen molar-refractivity contribution in [2.24, 2.45) is 5.73 Å². The van der Waals surface area contributed by atoms with Gasteiger partial charge in [-0.2, -0.15) is 0 Å². The Morgan fingerprint density at radius 2 is 1.65 bits per heavy atom. The first-order valence-corrected chi connectivity index (χ1v) is 5.48. The van der Waals surface area contributed by atoms with Crippen molar-refractivity contribution < 1.29 is 19.5 Å². The highest BCUT2D eigenvalue weighted by atomic mass is 16.4. The summed E-state index contributed by atoms with van der Waals surface area (Å²) in [6.07, 6.45) is 0.649. The summed E-state index contributed by atoms with van der Waals surface area (Å²) in [6.45, 7) is 3.15. The van der Waals surface area contributed by atoms with Crippen LogP contribution in [0.25, 0.3) is 0 Å². The number of hydrogen-bond donors (Lipinski definition) is 4. The van der Waals surface area contributed by atoms with Crippen molar-refractivity contribution in [1.82, 2.24) is 10.6 Å². The van der Waals surface area contributed by atoms with Gasteiger partial charge in [-0.25, -0.2) is 4.79 Å². The number of carboxylic acid groups (broad SMARTS) is 1. The Labute approximate surface area is 99.7 Å². The van der Waals surface area contributed by atoms with Crippen LogP contribution in [-0.2, 0) is 14.4 Å². The monoisotopic (exact) mass is 245 g/mol. The first-order valence-electron chi connectivity index (χ1n) is 5.48. The Morgan fingerprint density at radius 3 is 2.00 bits per heavy atom. The minimum absolute atomic E-state index is 0.208. The lowest BCUT2D eigenvalue weighted by Crippen LogP contribution is -2.52. The van der Waals surface area contributed by atoms with Crippen LogP contribution in [0.1, 0.15) is 26.7 Å². The molecule has 0 fully saturated rings. The van der Waals surface area contributed by atoms with Gasteiger partial charge in [0.25, 0.3) is 0 Å². The van der Waals surface area contributed by atoms with Gasteiger partial charge < -0.3 is 21.5 Å². The Hall–Kier alpha value is -1.63. The molecule has 0 radical (unpaired) electrons. The second-order valence-electron chi connectivity index (χ2n) is 3.54. The molecule has 0 heterocycles. The maximum Gasteiger partial charge on any atom is 0.326 e. The number of carbonyl (C=O) groups is 3. The molecule has 5 N–H and O–H groups in total. The van der Waals surface area contributed by atoms with Crippen molar-refractivity contribution in [3.05, 3.63) is 0 Å². The number of nitrogens with one attached hydrogen (secondary N) is 2. The van der Waals surface area contributed by atoms with E-state index in [1.54, 1.807) is 13.8 Å². The van der Waals surface area contributed by atoms with Crippen LogP contribution in [0.15, 0.2) is 0 Å². The molecule has 0 aliphatic heterocycles. The van der Waals surface area contributed by atoms with Crippen LogP contribution in [0.2, 0.25) is 0 Å². The molecule has 0 unspecified atom stereocenters. The molecule has 0 spiro atoms. The summed E-state index contributed by atoms with van der Waals surface area (Å²) in [5, 5.41) is 13.6. The summed E-state index contributed by atoms with van der Waals surface area (Å²) in [6, 6.07) is -1.69. The fourth-order valence-electron chi connectivity index (χ4n) is 1.22. The van der Waals surface area contributed by atoms with Crippen LogP contribution < -0.4 is 16.4 Å². The number of hydrogen-bond acceptors (Lipinski definition) is 4. The van der Waals surface area contributed by atoms with Gasteiger partial charge in [0.15, 0.2) is 0 Å². The van der Waals surface area contributed by atoms with Crippen molar-refractivity contribution in [3.8, 4) is 0 Å². The topological polar surface area (TPSA) is 122 Å². The zero-order valence-electron chi connectivity index (χ0n) is 10.0. The number of carboxylic acids is 1. The minimum atomic E-state index is -1.10. The van der Waals surface area contributed by atoms with E-state index >= 15 is 0 Å². The summed E-state index contributed by atoms with van der Waals surface area (Å²) in [5.41, 5.74) is 5.11. The van der Waals surface area contributed by atoms with Crippen molar-refractivity contribution in [2.45, 2.75) is 38.8 Å². The first kappa shape index (κ1) is 15.4. The van der Waals surface area contributed by atoms with E-state index in [1.165, 1.54) is 0 Å². The molecule has 0 rings (SSSR count). The number of aliphatic carboxylic acids is 1. The summed E-state index contributed by atoms with van der Waals surface area (Å²) in [7, 11) is 0. The summed E-state index contributed by atoms with van der Waals surface area (Å²) >= 11 is 0. The van der Waals surface area contributed by atoms with Crippen molar-refractivity contribution in [2.75, 3.05) is 6.54 Å². The number of rotatable bonds is 7. The maximum atomic E-state index is 11.7. The lowest BCUT2D eigenvalue weighted by atomic mass is 10.1. The van der Waals surface area contributed by atoms with Crippen LogP contribution in [0.4, 0.5) is 0 Å². The highest BCUT2D eigenvalue weighted by Crippen LogP contribution is 1.96. The Bertz CT molecular complexity index is 293. The van der Waals surface area contributed by atoms with Crippen LogP contribution in [0.3, 0.4) is 0 Å². The molecule has 0 saturated heterocycles. The Balaban J connectivity index is 4.43. The highest BCUT2D eigenvalue weighted by Gasteiger charge is 2.23. The average molecular weight is 245 g/mol. The van der Waals surface area contributed by atoms with E-state index in [0.29, 0.717) is 6.42 Å². The smallest absolute Gasteiger partial charge is 0.326 e. The molecule has 98 valence electrons. The number of carbonyl (C=O) groups excluding carboxylic acids is 2. The van der Waals surface area contributed by atoms with Gasteiger partial charge in [0.2, 0.25) is 11.8 Å². The standard InChI is InChI=1S/C10H19N3O4/c1-3-6(12-8(14)5-11)9(15)13-7(4-2)10(16)17/h6-7H,3-5,11H2,1-2H3,(H,12,14)(H,13,15)(H,16,17)/t6-,7+/m0/s1. The first-order chi connectivity index (χ1) is 7.96. The van der Waals surface area contributed by atoms with Crippen molar-refractivity contribution in [3.63, 3.8) is 0 Å². The van der Waals surface area contributed by atoms with Crippen LogP contribution in [-0.4, -0.2) is 41.5 Å². The predicted octanol–water partition coefficient (Wildman–Crippen LogP) is -1.18. The second-order valence-corrected chi connectivity index (χ2v) is 3.54. The van der Waals surface area contributed by atoms with E-state index in [1.807, 2.05) is 0 Å². The zero-order chi connectivity index (χ0) is 13.4. The summed E-state index contributed by atoms with van der Waals surface area (Å²) < 4.78 is 0. The van der Waals surface area contributed by atoms with E-state index in [4.69, 9.17) is 10.8 Å². The third-order valence-electron chi connectivity index (χ3n) is 2.27. The predicted molar refractivity (Wildman–Crippen MR) is 61.1 cm³/mol.